The maximum atomic E-state index is 12.7. The van der Waals surface area contributed by atoms with Crippen LogP contribution in [0.15, 0.2) is 71.9 Å². The van der Waals surface area contributed by atoms with E-state index in [-0.39, 0.29) is 11.7 Å². The van der Waals surface area contributed by atoms with Crippen LogP contribution in [0.2, 0.25) is 5.02 Å². The third kappa shape index (κ3) is 4.71. The van der Waals surface area contributed by atoms with Gasteiger partial charge in [0.25, 0.3) is 0 Å². The average molecular weight is 463 g/mol. The van der Waals surface area contributed by atoms with Gasteiger partial charge in [-0.2, -0.15) is 0 Å². The van der Waals surface area contributed by atoms with Gasteiger partial charge in [0.05, 0.1) is 5.75 Å². The second-order valence-corrected chi connectivity index (χ2v) is 8.89. The molecule has 0 fully saturated rings. The summed E-state index contributed by atoms with van der Waals surface area (Å²) in [7, 11) is 0. The summed E-state index contributed by atoms with van der Waals surface area (Å²) < 4.78 is 1.96. The fourth-order valence-electron chi connectivity index (χ4n) is 3.41. The number of nitrogens with zero attached hydrogens (tertiary/aromatic N) is 3. The molecule has 5 nitrogen and oxygen atoms in total. The molecule has 0 unspecified atom stereocenters. The van der Waals surface area contributed by atoms with Gasteiger partial charge in [-0.3, -0.25) is 9.36 Å². The lowest BCUT2D eigenvalue weighted by Crippen LogP contribution is -2.16. The Hall–Kier alpha value is -3.09. The van der Waals surface area contributed by atoms with Crippen molar-refractivity contribution in [3.05, 3.63) is 88.4 Å². The zero-order valence-corrected chi connectivity index (χ0v) is 19.7. The zero-order valence-electron chi connectivity index (χ0n) is 18.1. The van der Waals surface area contributed by atoms with Gasteiger partial charge in [0.1, 0.15) is 0 Å². The summed E-state index contributed by atoms with van der Waals surface area (Å²) in [5.74, 6) is 0.804. The highest BCUT2D eigenvalue weighted by atomic mass is 35.5. The van der Waals surface area contributed by atoms with Crippen molar-refractivity contribution in [2.75, 3.05) is 11.1 Å². The van der Waals surface area contributed by atoms with Gasteiger partial charge in [0.2, 0.25) is 5.91 Å². The lowest BCUT2D eigenvalue weighted by molar-refractivity contribution is -0.113. The van der Waals surface area contributed by atoms with E-state index in [1.165, 1.54) is 11.8 Å². The molecule has 0 spiro atoms. The van der Waals surface area contributed by atoms with Gasteiger partial charge < -0.3 is 5.32 Å². The first-order valence-corrected chi connectivity index (χ1v) is 11.6. The van der Waals surface area contributed by atoms with E-state index in [1.807, 2.05) is 92.1 Å². The second kappa shape index (κ2) is 9.59. The van der Waals surface area contributed by atoms with Crippen molar-refractivity contribution in [2.45, 2.75) is 25.9 Å². The van der Waals surface area contributed by atoms with Crippen molar-refractivity contribution in [3.8, 4) is 17.1 Å². The van der Waals surface area contributed by atoms with Crippen LogP contribution in [0, 0.1) is 20.8 Å². The van der Waals surface area contributed by atoms with Crippen molar-refractivity contribution in [3.63, 3.8) is 0 Å². The minimum absolute atomic E-state index is 0.0880. The summed E-state index contributed by atoms with van der Waals surface area (Å²) in [4.78, 5) is 12.7. The maximum Gasteiger partial charge on any atom is 0.234 e. The third-order valence-electron chi connectivity index (χ3n) is 5.16. The van der Waals surface area contributed by atoms with Crippen LogP contribution in [-0.2, 0) is 4.79 Å². The Kier molecular flexibility index (Phi) is 6.63. The van der Waals surface area contributed by atoms with Crippen molar-refractivity contribution in [2.24, 2.45) is 0 Å². The number of hydrogen-bond acceptors (Lipinski definition) is 4. The number of nitrogens with one attached hydrogen (secondary N) is 1. The number of halogens is 1. The predicted octanol–water partition coefficient (Wildman–Crippen LogP) is 6.24. The number of amides is 1. The van der Waals surface area contributed by atoms with Gasteiger partial charge in [-0.15, -0.1) is 10.2 Å². The third-order valence-corrected chi connectivity index (χ3v) is 6.49. The Labute approximate surface area is 196 Å². The van der Waals surface area contributed by atoms with E-state index in [1.54, 1.807) is 0 Å². The Bertz CT molecular complexity index is 1250. The van der Waals surface area contributed by atoms with Crippen LogP contribution in [0.25, 0.3) is 17.1 Å². The van der Waals surface area contributed by atoms with Crippen molar-refractivity contribution >= 4 is 35.0 Å². The summed E-state index contributed by atoms with van der Waals surface area (Å²) in [6.45, 7) is 5.94. The number of carbonyl (C=O) groups is 1. The first-order valence-electron chi connectivity index (χ1n) is 10.2. The van der Waals surface area contributed by atoms with Crippen molar-refractivity contribution < 1.29 is 4.79 Å². The van der Waals surface area contributed by atoms with Gasteiger partial charge >= 0.3 is 0 Å². The molecule has 1 amide bonds. The van der Waals surface area contributed by atoms with Crippen LogP contribution in [0.5, 0.6) is 0 Å². The molecule has 7 heteroatoms. The minimum Gasteiger partial charge on any atom is -0.325 e. The van der Waals surface area contributed by atoms with Gasteiger partial charge in [0, 0.05) is 22.0 Å². The van der Waals surface area contributed by atoms with Crippen LogP contribution in [0.1, 0.15) is 16.7 Å². The van der Waals surface area contributed by atoms with Crippen LogP contribution in [-0.4, -0.2) is 26.4 Å². The molecule has 0 bridgehead atoms. The van der Waals surface area contributed by atoms with E-state index in [2.05, 4.69) is 15.5 Å². The van der Waals surface area contributed by atoms with Gasteiger partial charge in [0.15, 0.2) is 11.0 Å². The molecule has 3 aromatic carbocycles. The molecule has 1 heterocycles. The molecule has 0 radical (unpaired) electrons. The Morgan fingerprint density at radius 1 is 0.938 bits per heavy atom. The van der Waals surface area contributed by atoms with E-state index in [4.69, 9.17) is 11.6 Å². The van der Waals surface area contributed by atoms with Crippen molar-refractivity contribution in [1.29, 1.82) is 0 Å². The molecule has 0 atom stereocenters. The van der Waals surface area contributed by atoms with E-state index in [0.29, 0.717) is 16.0 Å². The summed E-state index contributed by atoms with van der Waals surface area (Å²) in [6, 6.07) is 21.7. The number of rotatable bonds is 6. The fourth-order valence-corrected chi connectivity index (χ4v) is 4.34. The van der Waals surface area contributed by atoms with Crippen LogP contribution in [0.4, 0.5) is 5.69 Å². The summed E-state index contributed by atoms with van der Waals surface area (Å²) in [5.41, 5.74) is 5.71. The lowest BCUT2D eigenvalue weighted by Gasteiger charge is -2.12. The minimum atomic E-state index is -0.0880. The van der Waals surface area contributed by atoms with Gasteiger partial charge in [-0.05, 0) is 55.7 Å². The Balaban J connectivity index is 1.62. The number of para-hydroxylation sites is 2. The van der Waals surface area contributed by atoms with Gasteiger partial charge in [-0.1, -0.05) is 71.9 Å². The smallest absolute Gasteiger partial charge is 0.234 e. The first-order chi connectivity index (χ1) is 15.4. The summed E-state index contributed by atoms with van der Waals surface area (Å²) >= 11 is 7.71. The number of benzene rings is 3. The predicted molar refractivity (Wildman–Crippen MR) is 132 cm³/mol. The maximum absolute atomic E-state index is 12.7. The molecule has 0 aliphatic carbocycles. The molecule has 0 aliphatic rings. The highest BCUT2D eigenvalue weighted by molar-refractivity contribution is 7.99. The van der Waals surface area contributed by atoms with E-state index < -0.39 is 0 Å². The number of hydrogen-bond donors (Lipinski definition) is 1. The van der Waals surface area contributed by atoms with Crippen LogP contribution < -0.4 is 5.32 Å². The largest absolute Gasteiger partial charge is 0.325 e. The SMILES string of the molecule is Cc1ccc(-c2nnc(SCC(=O)Nc3c(C)cccc3C)n2-c2ccccc2)cc1Cl. The number of aromatic nitrogens is 3. The highest BCUT2D eigenvalue weighted by Crippen LogP contribution is 2.30. The second-order valence-electron chi connectivity index (χ2n) is 7.54. The molecule has 32 heavy (non-hydrogen) atoms. The summed E-state index contributed by atoms with van der Waals surface area (Å²) in [5, 5.41) is 13.2. The average Bonchev–Trinajstić information content (AvgIpc) is 3.21. The summed E-state index contributed by atoms with van der Waals surface area (Å²) in [6.07, 6.45) is 0. The van der Waals surface area contributed by atoms with E-state index in [0.717, 1.165) is 33.6 Å². The monoisotopic (exact) mass is 462 g/mol. The Morgan fingerprint density at radius 3 is 2.34 bits per heavy atom. The lowest BCUT2D eigenvalue weighted by atomic mass is 10.1. The zero-order chi connectivity index (χ0) is 22.7. The van der Waals surface area contributed by atoms with E-state index in [9.17, 15) is 4.79 Å². The molecule has 1 aromatic heterocycles. The van der Waals surface area contributed by atoms with Crippen LogP contribution in [0.3, 0.4) is 0 Å². The van der Waals surface area contributed by atoms with Crippen molar-refractivity contribution in [1.82, 2.24) is 14.8 Å². The Morgan fingerprint density at radius 2 is 1.66 bits per heavy atom. The van der Waals surface area contributed by atoms with E-state index >= 15 is 0 Å². The fraction of sp³-hybridized carbons (Fsp3) is 0.160. The normalized spacial score (nSPS) is 10.9. The van der Waals surface area contributed by atoms with Crippen LogP contribution >= 0.6 is 23.4 Å². The quantitative estimate of drug-likeness (QED) is 0.344. The van der Waals surface area contributed by atoms with Gasteiger partial charge in [-0.25, -0.2) is 0 Å². The molecule has 0 saturated heterocycles. The molecule has 0 aliphatic heterocycles. The molecule has 1 N–H and O–H groups in total. The molecule has 0 saturated carbocycles. The number of carbonyl (C=O) groups excluding carboxylic acids is 1. The molecular weight excluding hydrogens is 440 g/mol. The first kappa shape index (κ1) is 22.1. The topological polar surface area (TPSA) is 59.8 Å². The standard InChI is InChI=1S/C25H23ClN4OS/c1-16-12-13-19(14-21(16)26)24-28-29-25(30(24)20-10-5-4-6-11-20)32-15-22(31)27-23-17(2)8-7-9-18(23)3/h4-14H,15H2,1-3H3,(H,27,31). The molecule has 4 aromatic rings. The number of aryl methyl sites for hydroxylation is 3. The number of anilines is 1. The molecule has 4 rings (SSSR count). The molecular formula is C25H23ClN4OS. The highest BCUT2D eigenvalue weighted by Gasteiger charge is 2.18. The number of thioether (sulfide) groups is 1. The molecule has 162 valence electrons.